The van der Waals surface area contributed by atoms with Gasteiger partial charge in [-0.2, -0.15) is 0 Å². The number of hydrogen-bond donors (Lipinski definition) is 3. The van der Waals surface area contributed by atoms with Crippen LogP contribution in [0.4, 0.5) is 0 Å². The first-order chi connectivity index (χ1) is 12.6. The normalized spacial score (nSPS) is 22.5. The van der Waals surface area contributed by atoms with Crippen molar-refractivity contribution in [2.75, 3.05) is 0 Å². The summed E-state index contributed by atoms with van der Waals surface area (Å²) in [6.07, 6.45) is 3.69. The lowest BCUT2D eigenvalue weighted by molar-refractivity contribution is -0.146. The zero-order valence-corrected chi connectivity index (χ0v) is 21.4. The quantitative estimate of drug-likeness (QED) is 0.147. The Morgan fingerprint density at radius 1 is 1.11 bits per heavy atom. The fourth-order valence-corrected chi connectivity index (χ4v) is 8.00. The molecule has 0 saturated heterocycles. The number of carboxylic acids is 1. The van der Waals surface area contributed by atoms with Crippen LogP contribution in [-0.4, -0.2) is 33.1 Å². The van der Waals surface area contributed by atoms with Gasteiger partial charge in [0.15, 0.2) is 0 Å². The number of halogens is 3. The molecule has 2 atom stereocenters. The average molecular weight is 714 g/mol. The molecule has 0 radical (unpaired) electrons. The van der Waals surface area contributed by atoms with E-state index in [0.29, 0.717) is 44.2 Å². The molecule has 0 heterocycles. The summed E-state index contributed by atoms with van der Waals surface area (Å²) in [5.41, 5.74) is -0.356. The van der Waals surface area contributed by atoms with Crippen LogP contribution < -0.4 is 10.6 Å². The third-order valence-corrected chi connectivity index (χ3v) is 8.45. The molecule has 1 aliphatic rings. The molecular weight excluding hydrogens is 693 g/mol. The lowest BCUT2D eigenvalue weighted by Gasteiger charge is -2.40. The van der Waals surface area contributed by atoms with Crippen molar-refractivity contribution in [2.45, 2.75) is 49.9 Å². The second-order valence-corrected chi connectivity index (χ2v) is 9.59. The fourth-order valence-electron chi connectivity index (χ4n) is 2.87. The minimum Gasteiger partial charge on any atom is -0.481 e. The highest BCUT2D eigenvalue weighted by molar-refractivity contribution is 14.1. The Morgan fingerprint density at radius 3 is 2.19 bits per heavy atom. The molecule has 0 fully saturated rings. The Labute approximate surface area is 199 Å². The Kier molecular flexibility index (Phi) is 10.2. The molecule has 10 heteroatoms. The molecule has 1 rings (SSSR count). The van der Waals surface area contributed by atoms with Gasteiger partial charge in [-0.1, -0.05) is 35.4 Å². The van der Waals surface area contributed by atoms with Gasteiger partial charge in [-0.15, -0.1) is 0 Å². The third kappa shape index (κ3) is 5.87. The van der Waals surface area contributed by atoms with Crippen molar-refractivity contribution in [2.24, 2.45) is 5.41 Å². The van der Waals surface area contributed by atoms with E-state index in [4.69, 9.17) is 0 Å². The van der Waals surface area contributed by atoms with E-state index in [1.54, 1.807) is 0 Å². The van der Waals surface area contributed by atoms with Crippen LogP contribution in [0.15, 0.2) is 18.6 Å². The van der Waals surface area contributed by atoms with E-state index in [2.05, 4.69) is 33.2 Å². The smallest absolute Gasteiger partial charge is 0.316 e. The van der Waals surface area contributed by atoms with Crippen molar-refractivity contribution in [3.8, 4) is 0 Å². The first-order valence-corrected chi connectivity index (χ1v) is 11.7. The number of hydrogen-bond acceptors (Lipinski definition) is 4. The monoisotopic (exact) mass is 714 g/mol. The number of allylic oxidation sites excluding steroid dienone is 2. The van der Waals surface area contributed by atoms with Crippen molar-refractivity contribution < 1.29 is 24.3 Å². The maximum Gasteiger partial charge on any atom is 0.316 e. The van der Waals surface area contributed by atoms with Crippen LogP contribution in [-0.2, 0) is 19.2 Å². The maximum atomic E-state index is 12.4. The second kappa shape index (κ2) is 11.1. The summed E-state index contributed by atoms with van der Waals surface area (Å²) >= 11 is 6.08. The van der Waals surface area contributed by atoms with Crippen LogP contribution in [0.5, 0.6) is 0 Å². The van der Waals surface area contributed by atoms with Crippen molar-refractivity contribution in [3.05, 3.63) is 18.6 Å². The highest BCUT2D eigenvalue weighted by Gasteiger charge is 2.53. The van der Waals surface area contributed by atoms with Crippen molar-refractivity contribution >= 4 is 91.8 Å². The molecule has 0 aliphatic heterocycles. The lowest BCUT2D eigenvalue weighted by Crippen LogP contribution is -2.48. The third-order valence-electron chi connectivity index (χ3n) is 4.14. The standard InChI is InChI=1S/C17H21I3N2O5/c1-9(24)21-12-11(18)13(22-10(2)25)15(20)17(14(12)19,16(26)27)7-5-3-4-6-8-23/h8,14H,3-7H2,1-2H3,(H,21,24)(H,22,25)(H,26,27). The van der Waals surface area contributed by atoms with E-state index in [9.17, 15) is 24.3 Å². The minimum atomic E-state index is -1.27. The number of carboxylic acid groups (broad SMARTS) is 1. The van der Waals surface area contributed by atoms with Crippen LogP contribution in [0, 0.1) is 5.41 Å². The summed E-state index contributed by atoms with van der Waals surface area (Å²) in [7, 11) is 0. The van der Waals surface area contributed by atoms with Crippen LogP contribution >= 0.6 is 67.8 Å². The van der Waals surface area contributed by atoms with E-state index >= 15 is 0 Å². The molecule has 2 amide bonds. The van der Waals surface area contributed by atoms with Gasteiger partial charge in [-0.05, 0) is 58.0 Å². The maximum absolute atomic E-state index is 12.4. The van der Waals surface area contributed by atoms with Gasteiger partial charge in [0.05, 0.1) is 13.2 Å². The number of carbonyl (C=O) groups excluding carboxylic acids is 3. The summed E-state index contributed by atoms with van der Waals surface area (Å²) in [4.78, 5) is 46.3. The highest BCUT2D eigenvalue weighted by atomic mass is 127. The number of aliphatic carboxylic acids is 1. The molecule has 7 nitrogen and oxygen atoms in total. The van der Waals surface area contributed by atoms with Gasteiger partial charge in [0, 0.05) is 29.5 Å². The van der Waals surface area contributed by atoms with Crippen molar-refractivity contribution in [1.82, 2.24) is 10.6 Å². The molecule has 1 aliphatic carbocycles. The SMILES string of the molecule is CC(=O)NC1=C(I)C(CCCCCC=O)(C(=O)O)C(I)C(NC(C)=O)=C1I. The molecule has 0 aromatic carbocycles. The number of amides is 2. The molecule has 0 bridgehead atoms. The van der Waals surface area contributed by atoms with Gasteiger partial charge < -0.3 is 20.5 Å². The molecule has 2 unspecified atom stereocenters. The zero-order chi connectivity index (χ0) is 20.8. The summed E-state index contributed by atoms with van der Waals surface area (Å²) in [5, 5.41) is 15.7. The largest absolute Gasteiger partial charge is 0.481 e. The Hall–Kier alpha value is -0.250. The van der Waals surface area contributed by atoms with Gasteiger partial charge in [-0.3, -0.25) is 14.4 Å². The van der Waals surface area contributed by atoms with Gasteiger partial charge in [0.2, 0.25) is 11.8 Å². The predicted octanol–water partition coefficient (Wildman–Crippen LogP) is 3.59. The van der Waals surface area contributed by atoms with Crippen LogP contribution in [0.25, 0.3) is 0 Å². The molecule has 0 saturated carbocycles. The second-order valence-electron chi connectivity index (χ2n) is 6.18. The highest BCUT2D eigenvalue weighted by Crippen LogP contribution is 2.53. The molecule has 3 N–H and O–H groups in total. The summed E-state index contributed by atoms with van der Waals surface area (Å²) in [6.45, 7) is 2.72. The molecule has 0 spiro atoms. The van der Waals surface area contributed by atoms with Crippen molar-refractivity contribution in [1.29, 1.82) is 0 Å². The summed E-state index contributed by atoms with van der Waals surface area (Å²) in [6, 6.07) is 0. The zero-order valence-electron chi connectivity index (χ0n) is 14.9. The number of nitrogens with one attached hydrogen (secondary N) is 2. The first kappa shape index (κ1) is 24.8. The Balaban J connectivity index is 3.43. The molecule has 0 aromatic heterocycles. The lowest BCUT2D eigenvalue weighted by atomic mass is 9.75. The van der Waals surface area contributed by atoms with E-state index in [1.807, 2.05) is 45.2 Å². The predicted molar refractivity (Wildman–Crippen MR) is 127 cm³/mol. The van der Waals surface area contributed by atoms with Crippen LogP contribution in [0.2, 0.25) is 0 Å². The topological polar surface area (TPSA) is 113 Å². The van der Waals surface area contributed by atoms with Crippen LogP contribution in [0.3, 0.4) is 0 Å². The van der Waals surface area contributed by atoms with E-state index in [-0.39, 0.29) is 11.8 Å². The van der Waals surface area contributed by atoms with E-state index in [0.717, 1.165) is 12.7 Å². The first-order valence-electron chi connectivity index (χ1n) is 8.26. The number of carbonyl (C=O) groups is 4. The van der Waals surface area contributed by atoms with Gasteiger partial charge in [-0.25, -0.2) is 0 Å². The number of unbranched alkanes of at least 4 members (excludes halogenated alkanes) is 3. The van der Waals surface area contributed by atoms with E-state index in [1.165, 1.54) is 13.8 Å². The van der Waals surface area contributed by atoms with Crippen molar-refractivity contribution in [3.63, 3.8) is 0 Å². The fraction of sp³-hybridized carbons (Fsp3) is 0.529. The average Bonchev–Trinajstić information content (AvgIpc) is 2.57. The Morgan fingerprint density at radius 2 is 1.70 bits per heavy atom. The van der Waals surface area contributed by atoms with Gasteiger partial charge in [0.1, 0.15) is 11.7 Å². The Bertz CT molecular complexity index is 705. The van der Waals surface area contributed by atoms with Crippen LogP contribution in [0.1, 0.15) is 46.0 Å². The molecule has 0 aromatic rings. The minimum absolute atomic E-state index is 0.301. The van der Waals surface area contributed by atoms with Gasteiger partial charge >= 0.3 is 5.97 Å². The molecule has 150 valence electrons. The molecular formula is C17H21I3N2O5. The number of aldehydes is 1. The van der Waals surface area contributed by atoms with E-state index < -0.39 is 15.3 Å². The summed E-state index contributed by atoms with van der Waals surface area (Å²) < 4.78 is 0.648. The number of alkyl halides is 1. The summed E-state index contributed by atoms with van der Waals surface area (Å²) in [5.74, 6) is -1.62. The van der Waals surface area contributed by atoms with Gasteiger partial charge in [0.25, 0.3) is 0 Å². The number of rotatable bonds is 9. The molecule has 27 heavy (non-hydrogen) atoms.